The minimum Gasteiger partial charge on any atom is -0.366 e. The van der Waals surface area contributed by atoms with Crippen molar-refractivity contribution in [3.05, 3.63) is 59.8 Å². The summed E-state index contributed by atoms with van der Waals surface area (Å²) in [7, 11) is 0. The molecule has 4 heteroatoms. The van der Waals surface area contributed by atoms with Gasteiger partial charge in [-0.25, -0.2) is 0 Å². The molecule has 2 aromatic carbocycles. The SMILES string of the molecule is CCN1CCCC(c2c[nH]c3c(C(N)=O)cc(-c4ccccc4)cc23)C1. The zero-order valence-electron chi connectivity index (χ0n) is 15.2. The Morgan fingerprint density at radius 3 is 2.77 bits per heavy atom. The zero-order valence-corrected chi connectivity index (χ0v) is 15.2. The number of nitrogens with zero attached hydrogens (tertiary/aromatic N) is 1. The lowest BCUT2D eigenvalue weighted by Crippen LogP contribution is -2.33. The predicted octanol–water partition coefficient (Wildman–Crippen LogP) is 4.13. The number of benzene rings is 2. The highest BCUT2D eigenvalue weighted by atomic mass is 16.1. The number of aromatic nitrogens is 1. The highest BCUT2D eigenvalue weighted by molar-refractivity contribution is 6.07. The van der Waals surface area contributed by atoms with Crippen LogP contribution in [0.4, 0.5) is 0 Å². The second kappa shape index (κ2) is 6.96. The average molecular weight is 347 g/mol. The van der Waals surface area contributed by atoms with E-state index in [9.17, 15) is 4.79 Å². The lowest BCUT2D eigenvalue weighted by Gasteiger charge is -2.31. The van der Waals surface area contributed by atoms with Gasteiger partial charge in [0.05, 0.1) is 11.1 Å². The smallest absolute Gasteiger partial charge is 0.250 e. The summed E-state index contributed by atoms with van der Waals surface area (Å²) in [5, 5.41) is 1.13. The van der Waals surface area contributed by atoms with E-state index in [4.69, 9.17) is 5.73 Å². The lowest BCUT2D eigenvalue weighted by molar-refractivity contribution is 0.100. The summed E-state index contributed by atoms with van der Waals surface area (Å²) in [5.74, 6) is 0.101. The highest BCUT2D eigenvalue weighted by Crippen LogP contribution is 2.36. The van der Waals surface area contributed by atoms with Gasteiger partial charge in [0, 0.05) is 18.1 Å². The van der Waals surface area contributed by atoms with Crippen molar-refractivity contribution < 1.29 is 4.79 Å². The molecule has 1 aromatic heterocycles. The number of amides is 1. The van der Waals surface area contributed by atoms with Crippen LogP contribution in [-0.2, 0) is 0 Å². The van der Waals surface area contributed by atoms with Crippen molar-refractivity contribution in [2.45, 2.75) is 25.7 Å². The van der Waals surface area contributed by atoms with Crippen molar-refractivity contribution >= 4 is 16.8 Å². The van der Waals surface area contributed by atoms with E-state index in [0.717, 1.165) is 35.1 Å². The van der Waals surface area contributed by atoms with Crippen molar-refractivity contribution in [3.8, 4) is 11.1 Å². The predicted molar refractivity (Wildman–Crippen MR) is 106 cm³/mol. The fourth-order valence-corrected chi connectivity index (χ4v) is 4.18. The van der Waals surface area contributed by atoms with Gasteiger partial charge in [-0.1, -0.05) is 37.3 Å². The van der Waals surface area contributed by atoms with E-state index in [0.29, 0.717) is 11.5 Å². The summed E-state index contributed by atoms with van der Waals surface area (Å²) in [5.41, 5.74) is 10.6. The maximum absolute atomic E-state index is 12.1. The Balaban J connectivity index is 1.85. The summed E-state index contributed by atoms with van der Waals surface area (Å²) in [6.45, 7) is 5.55. The molecule has 0 bridgehead atoms. The Labute approximate surface area is 154 Å². The molecule has 1 unspecified atom stereocenters. The number of aromatic amines is 1. The van der Waals surface area contributed by atoms with Crippen molar-refractivity contribution in [2.24, 2.45) is 5.73 Å². The number of rotatable bonds is 4. The van der Waals surface area contributed by atoms with E-state index in [1.807, 2.05) is 24.3 Å². The Hall–Kier alpha value is -2.59. The molecule has 2 heterocycles. The largest absolute Gasteiger partial charge is 0.366 e. The highest BCUT2D eigenvalue weighted by Gasteiger charge is 2.24. The molecule has 1 amide bonds. The molecular formula is C22H25N3O. The fourth-order valence-electron chi connectivity index (χ4n) is 4.18. The number of nitrogens with one attached hydrogen (secondary N) is 1. The number of carbonyl (C=O) groups is 1. The zero-order chi connectivity index (χ0) is 18.1. The van der Waals surface area contributed by atoms with Crippen molar-refractivity contribution in [3.63, 3.8) is 0 Å². The molecule has 0 aliphatic carbocycles. The number of fused-ring (bicyclic) bond motifs is 1. The quantitative estimate of drug-likeness (QED) is 0.745. The van der Waals surface area contributed by atoms with Crippen LogP contribution in [0.1, 0.15) is 41.6 Å². The van der Waals surface area contributed by atoms with E-state index in [-0.39, 0.29) is 5.91 Å². The molecule has 4 nitrogen and oxygen atoms in total. The summed E-state index contributed by atoms with van der Waals surface area (Å²) in [4.78, 5) is 17.9. The number of likely N-dealkylation sites (tertiary alicyclic amines) is 1. The molecule has 0 saturated carbocycles. The Morgan fingerprint density at radius 2 is 2.04 bits per heavy atom. The number of likely N-dealkylation sites (N-methyl/N-ethyl adjacent to an activating group) is 1. The topological polar surface area (TPSA) is 62.1 Å². The summed E-state index contributed by atoms with van der Waals surface area (Å²) >= 11 is 0. The maximum Gasteiger partial charge on any atom is 0.250 e. The third kappa shape index (κ3) is 3.01. The first-order chi connectivity index (χ1) is 12.7. The van der Waals surface area contributed by atoms with Gasteiger partial charge in [-0.15, -0.1) is 0 Å². The van der Waals surface area contributed by atoms with Gasteiger partial charge in [0.1, 0.15) is 0 Å². The van der Waals surface area contributed by atoms with Crippen LogP contribution in [0.25, 0.3) is 22.0 Å². The van der Waals surface area contributed by atoms with Gasteiger partial charge in [0.2, 0.25) is 0 Å². The molecule has 26 heavy (non-hydrogen) atoms. The number of hydrogen-bond donors (Lipinski definition) is 2. The maximum atomic E-state index is 12.1. The van der Waals surface area contributed by atoms with Crippen molar-refractivity contribution in [2.75, 3.05) is 19.6 Å². The summed E-state index contributed by atoms with van der Waals surface area (Å²) < 4.78 is 0. The summed E-state index contributed by atoms with van der Waals surface area (Å²) in [6, 6.07) is 14.3. The molecule has 1 aliphatic rings. The van der Waals surface area contributed by atoms with Crippen LogP contribution in [0.3, 0.4) is 0 Å². The van der Waals surface area contributed by atoms with Gasteiger partial charge < -0.3 is 15.6 Å². The van der Waals surface area contributed by atoms with Gasteiger partial charge >= 0.3 is 0 Å². The second-order valence-electron chi connectivity index (χ2n) is 7.15. The van der Waals surface area contributed by atoms with Crippen LogP contribution in [0.2, 0.25) is 0 Å². The van der Waals surface area contributed by atoms with Crippen LogP contribution >= 0.6 is 0 Å². The fraction of sp³-hybridized carbons (Fsp3) is 0.318. The summed E-state index contributed by atoms with van der Waals surface area (Å²) in [6.07, 6.45) is 4.48. The molecule has 4 rings (SSSR count). The lowest BCUT2D eigenvalue weighted by atomic mass is 9.89. The Bertz CT molecular complexity index is 929. The molecule has 3 aromatic rings. The normalized spacial score (nSPS) is 18.3. The van der Waals surface area contributed by atoms with Gasteiger partial charge in [-0.3, -0.25) is 4.79 Å². The minimum absolute atomic E-state index is 0.389. The van der Waals surface area contributed by atoms with Gasteiger partial charge in [-0.05, 0) is 60.7 Å². The first kappa shape index (κ1) is 16.9. The monoisotopic (exact) mass is 347 g/mol. The minimum atomic E-state index is -0.389. The first-order valence-electron chi connectivity index (χ1n) is 9.40. The number of piperidine rings is 1. The first-order valence-corrected chi connectivity index (χ1v) is 9.40. The molecule has 134 valence electrons. The van der Waals surface area contributed by atoms with Crippen LogP contribution in [0.15, 0.2) is 48.7 Å². The Kier molecular flexibility index (Phi) is 4.51. The van der Waals surface area contributed by atoms with E-state index in [1.54, 1.807) is 0 Å². The average Bonchev–Trinajstić information content (AvgIpc) is 3.11. The van der Waals surface area contributed by atoms with Crippen molar-refractivity contribution in [1.82, 2.24) is 9.88 Å². The number of hydrogen-bond acceptors (Lipinski definition) is 2. The number of primary amides is 1. The Morgan fingerprint density at radius 1 is 1.23 bits per heavy atom. The molecule has 1 fully saturated rings. The van der Waals surface area contributed by atoms with E-state index >= 15 is 0 Å². The molecule has 0 spiro atoms. The molecular weight excluding hydrogens is 322 g/mol. The molecule has 0 radical (unpaired) electrons. The second-order valence-corrected chi connectivity index (χ2v) is 7.15. The van der Waals surface area contributed by atoms with E-state index in [1.165, 1.54) is 24.9 Å². The number of carbonyl (C=O) groups excluding carboxylic acids is 1. The van der Waals surface area contributed by atoms with E-state index in [2.05, 4.69) is 41.2 Å². The third-order valence-electron chi connectivity index (χ3n) is 5.59. The molecule has 3 N–H and O–H groups in total. The molecule has 1 atom stereocenters. The number of nitrogens with two attached hydrogens (primary N) is 1. The van der Waals surface area contributed by atoms with E-state index < -0.39 is 0 Å². The van der Waals surface area contributed by atoms with Crippen LogP contribution in [-0.4, -0.2) is 35.4 Å². The standard InChI is InChI=1S/C22H25N3O/c1-2-25-10-6-9-16(14-25)20-13-24-21-18(20)11-17(12-19(21)22(23)26)15-7-4-3-5-8-15/h3-5,7-8,11-13,16,24H,2,6,9-10,14H2,1H3,(H2,23,26). The van der Waals surface area contributed by atoms with Crippen LogP contribution in [0.5, 0.6) is 0 Å². The van der Waals surface area contributed by atoms with Crippen LogP contribution < -0.4 is 5.73 Å². The number of H-pyrrole nitrogens is 1. The molecule has 1 saturated heterocycles. The van der Waals surface area contributed by atoms with Gasteiger partial charge in [0.15, 0.2) is 0 Å². The van der Waals surface area contributed by atoms with Crippen LogP contribution in [0, 0.1) is 0 Å². The van der Waals surface area contributed by atoms with Crippen molar-refractivity contribution in [1.29, 1.82) is 0 Å². The van der Waals surface area contributed by atoms with Gasteiger partial charge in [-0.2, -0.15) is 0 Å². The third-order valence-corrected chi connectivity index (χ3v) is 5.59. The van der Waals surface area contributed by atoms with Gasteiger partial charge in [0.25, 0.3) is 5.91 Å². The molecule has 1 aliphatic heterocycles.